The molecule has 0 bridgehead atoms. The molecule has 0 rings (SSSR count). The summed E-state index contributed by atoms with van der Waals surface area (Å²) in [6.07, 6.45) is 6.03. The van der Waals surface area contributed by atoms with E-state index in [2.05, 4.69) is 4.72 Å². The van der Waals surface area contributed by atoms with Crippen molar-refractivity contribution in [1.29, 1.82) is 0 Å². The van der Waals surface area contributed by atoms with Gasteiger partial charge in [-0.2, -0.15) is 18.6 Å². The van der Waals surface area contributed by atoms with Crippen molar-refractivity contribution >= 4 is 20.3 Å². The van der Waals surface area contributed by atoms with Crippen LogP contribution in [0.15, 0.2) is 0 Å². The molecule has 0 aromatic carbocycles. The standard InChI is InChI=1S/C5H15NO3S2/c1-10(2,3)6-4-5-11(7,8)9/h6H,4-5H2,1-3H3,(H,7,8,9). The molecule has 0 aliphatic heterocycles. The Morgan fingerprint density at radius 2 is 1.73 bits per heavy atom. The zero-order valence-electron chi connectivity index (χ0n) is 6.99. The third kappa shape index (κ3) is 10.2. The zero-order valence-corrected chi connectivity index (χ0v) is 8.63. The highest BCUT2D eigenvalue weighted by molar-refractivity contribution is 8.30. The average molecular weight is 201 g/mol. The predicted molar refractivity (Wildman–Crippen MR) is 49.8 cm³/mol. The van der Waals surface area contributed by atoms with Crippen molar-refractivity contribution in [1.82, 2.24) is 4.72 Å². The lowest BCUT2D eigenvalue weighted by molar-refractivity contribution is 0.483. The summed E-state index contributed by atoms with van der Waals surface area (Å²) >= 11 is 0. The monoisotopic (exact) mass is 201 g/mol. The van der Waals surface area contributed by atoms with Gasteiger partial charge in [-0.15, -0.1) is 0 Å². The summed E-state index contributed by atoms with van der Waals surface area (Å²) in [5, 5.41) is 0. The Morgan fingerprint density at radius 1 is 1.27 bits per heavy atom. The first kappa shape index (κ1) is 11.2. The van der Waals surface area contributed by atoms with Gasteiger partial charge in [0, 0.05) is 6.54 Å². The lowest BCUT2D eigenvalue weighted by Gasteiger charge is -2.26. The van der Waals surface area contributed by atoms with Gasteiger partial charge in [0.2, 0.25) is 0 Å². The molecule has 0 spiro atoms. The van der Waals surface area contributed by atoms with Crippen molar-refractivity contribution in [3.8, 4) is 0 Å². The van der Waals surface area contributed by atoms with Gasteiger partial charge in [0.1, 0.15) is 0 Å². The maximum Gasteiger partial charge on any atom is 0.266 e. The van der Waals surface area contributed by atoms with Crippen LogP contribution in [0, 0.1) is 0 Å². The van der Waals surface area contributed by atoms with Crippen molar-refractivity contribution in [2.75, 3.05) is 31.1 Å². The second kappa shape index (κ2) is 3.75. The van der Waals surface area contributed by atoms with Gasteiger partial charge in [-0.1, -0.05) is 0 Å². The summed E-state index contributed by atoms with van der Waals surface area (Å²) in [4.78, 5) is 0. The Bertz CT molecular complexity index is 204. The topological polar surface area (TPSA) is 66.4 Å². The second-order valence-corrected chi connectivity index (χ2v) is 8.55. The number of hydrogen-bond donors (Lipinski definition) is 2. The molecule has 0 radical (unpaired) electrons. The number of rotatable bonds is 4. The largest absolute Gasteiger partial charge is 0.286 e. The van der Waals surface area contributed by atoms with Gasteiger partial charge in [-0.05, 0) is 18.8 Å². The average Bonchev–Trinajstić information content (AvgIpc) is 1.55. The summed E-state index contributed by atoms with van der Waals surface area (Å²) in [5.74, 6) is -0.211. The maximum atomic E-state index is 10.2. The van der Waals surface area contributed by atoms with E-state index in [-0.39, 0.29) is 5.75 Å². The first-order valence-corrected chi connectivity index (χ1v) is 7.55. The van der Waals surface area contributed by atoms with Crippen LogP contribution in [-0.4, -0.2) is 44.0 Å². The fraction of sp³-hybridized carbons (Fsp3) is 1.00. The molecule has 70 valence electrons. The third-order valence-corrected chi connectivity index (χ3v) is 2.69. The fourth-order valence-electron chi connectivity index (χ4n) is 0.477. The summed E-state index contributed by atoms with van der Waals surface area (Å²) in [6, 6.07) is 0. The summed E-state index contributed by atoms with van der Waals surface area (Å²) in [6.45, 7) is 0.317. The minimum atomic E-state index is -3.80. The Labute approximate surface area is 69.6 Å². The van der Waals surface area contributed by atoms with Crippen LogP contribution in [0.3, 0.4) is 0 Å². The van der Waals surface area contributed by atoms with Crippen LogP contribution in [0.1, 0.15) is 0 Å². The summed E-state index contributed by atoms with van der Waals surface area (Å²) in [7, 11) is -4.67. The highest BCUT2D eigenvalue weighted by atomic mass is 32.3. The van der Waals surface area contributed by atoms with Gasteiger partial charge in [-0.3, -0.25) is 9.27 Å². The van der Waals surface area contributed by atoms with Crippen LogP contribution in [0.4, 0.5) is 0 Å². The minimum Gasteiger partial charge on any atom is -0.286 e. The molecule has 0 saturated heterocycles. The first-order chi connectivity index (χ1) is 4.71. The second-order valence-electron chi connectivity index (χ2n) is 3.02. The Hall–Kier alpha value is 0.220. The SMILES string of the molecule is CS(C)(C)NCCS(=O)(=O)O. The van der Waals surface area contributed by atoms with Gasteiger partial charge >= 0.3 is 0 Å². The van der Waals surface area contributed by atoms with Crippen molar-refractivity contribution in [2.45, 2.75) is 0 Å². The van der Waals surface area contributed by atoms with E-state index in [1.165, 1.54) is 0 Å². The van der Waals surface area contributed by atoms with Crippen LogP contribution in [0.5, 0.6) is 0 Å². The van der Waals surface area contributed by atoms with Gasteiger partial charge in [0.25, 0.3) is 10.1 Å². The van der Waals surface area contributed by atoms with Crippen LogP contribution < -0.4 is 4.72 Å². The molecule has 0 atom stereocenters. The van der Waals surface area contributed by atoms with Crippen molar-refractivity contribution in [2.24, 2.45) is 0 Å². The molecule has 2 N–H and O–H groups in total. The normalized spacial score (nSPS) is 14.9. The molecule has 0 aromatic rings. The molecule has 0 aromatic heterocycles. The molecule has 0 aliphatic rings. The van der Waals surface area contributed by atoms with Crippen molar-refractivity contribution < 1.29 is 13.0 Å². The molecule has 0 fully saturated rings. The van der Waals surface area contributed by atoms with Crippen LogP contribution in [0.25, 0.3) is 0 Å². The highest BCUT2D eigenvalue weighted by Crippen LogP contribution is 2.27. The fourth-order valence-corrected chi connectivity index (χ4v) is 1.68. The summed E-state index contributed by atoms with van der Waals surface area (Å²) in [5.41, 5.74) is 0. The molecule has 0 aliphatic carbocycles. The molecule has 0 heterocycles. The zero-order chi connectivity index (χ0) is 9.12. The molecule has 0 amide bonds. The van der Waals surface area contributed by atoms with E-state index < -0.39 is 20.3 Å². The van der Waals surface area contributed by atoms with Gasteiger partial charge in [-0.25, -0.2) is 0 Å². The molecule has 0 unspecified atom stereocenters. The number of hydrogen-bond acceptors (Lipinski definition) is 3. The minimum absolute atomic E-state index is 0.211. The van der Waals surface area contributed by atoms with Gasteiger partial charge < -0.3 is 0 Å². The first-order valence-electron chi connectivity index (χ1n) is 3.09. The predicted octanol–water partition coefficient (Wildman–Crippen LogP) is 0.0728. The van der Waals surface area contributed by atoms with E-state index in [0.29, 0.717) is 6.54 Å². The number of nitrogens with one attached hydrogen (secondary N) is 1. The van der Waals surface area contributed by atoms with E-state index in [1.54, 1.807) is 0 Å². The summed E-state index contributed by atoms with van der Waals surface area (Å²) < 4.78 is 31.9. The quantitative estimate of drug-likeness (QED) is 0.632. The van der Waals surface area contributed by atoms with Gasteiger partial charge in [0.15, 0.2) is 0 Å². The molecular formula is C5H15NO3S2. The van der Waals surface area contributed by atoms with Crippen LogP contribution in [0.2, 0.25) is 0 Å². The smallest absolute Gasteiger partial charge is 0.266 e. The van der Waals surface area contributed by atoms with E-state index in [9.17, 15) is 8.42 Å². The lowest BCUT2D eigenvalue weighted by atomic mass is 10.8. The van der Waals surface area contributed by atoms with E-state index >= 15 is 0 Å². The molecule has 11 heavy (non-hydrogen) atoms. The van der Waals surface area contributed by atoms with Crippen molar-refractivity contribution in [3.05, 3.63) is 0 Å². The van der Waals surface area contributed by atoms with E-state index in [4.69, 9.17) is 4.55 Å². The Morgan fingerprint density at radius 3 is 2.00 bits per heavy atom. The van der Waals surface area contributed by atoms with Gasteiger partial charge in [0.05, 0.1) is 5.75 Å². The molecule has 6 heteroatoms. The highest BCUT2D eigenvalue weighted by Gasteiger charge is 2.06. The third-order valence-electron chi connectivity index (χ3n) is 0.895. The van der Waals surface area contributed by atoms with Crippen molar-refractivity contribution in [3.63, 3.8) is 0 Å². The molecule has 4 nitrogen and oxygen atoms in total. The van der Waals surface area contributed by atoms with Crippen LogP contribution in [-0.2, 0) is 10.1 Å². The molecule has 0 saturated carbocycles. The lowest BCUT2D eigenvalue weighted by Crippen LogP contribution is -2.24. The molecular weight excluding hydrogens is 186 g/mol. The van der Waals surface area contributed by atoms with E-state index in [0.717, 1.165) is 0 Å². The van der Waals surface area contributed by atoms with Crippen LogP contribution >= 0.6 is 10.2 Å². The maximum absolute atomic E-state index is 10.2. The Balaban J connectivity index is 3.61. The van der Waals surface area contributed by atoms with E-state index in [1.807, 2.05) is 18.8 Å². The Kier molecular flexibility index (Phi) is 3.83.